The van der Waals surface area contributed by atoms with Gasteiger partial charge >= 0.3 is 5.97 Å². The first kappa shape index (κ1) is 22.3. The Kier molecular flexibility index (Phi) is 6.62. The highest BCUT2D eigenvalue weighted by atomic mass is 79.9. The van der Waals surface area contributed by atoms with Gasteiger partial charge in [-0.3, -0.25) is 9.52 Å². The van der Waals surface area contributed by atoms with E-state index in [2.05, 4.69) is 26.0 Å². The van der Waals surface area contributed by atoms with Crippen LogP contribution in [0, 0.1) is 0 Å². The lowest BCUT2D eigenvalue weighted by atomic mass is 10.1. The maximum absolute atomic E-state index is 12.6. The zero-order valence-electron chi connectivity index (χ0n) is 16.1. The third kappa shape index (κ3) is 5.41. The van der Waals surface area contributed by atoms with Gasteiger partial charge in [0.25, 0.3) is 15.9 Å². The van der Waals surface area contributed by atoms with E-state index in [4.69, 9.17) is 4.74 Å². The smallest absolute Gasteiger partial charge is 0.337 e. The highest BCUT2D eigenvalue weighted by Gasteiger charge is 2.17. The lowest BCUT2D eigenvalue weighted by molar-refractivity contribution is 0.0698. The molecular formula is C21H17BrN2O6S. The van der Waals surface area contributed by atoms with Crippen molar-refractivity contribution in [1.29, 1.82) is 0 Å². The number of carbonyl (C=O) groups excluding carboxylic acids is 1. The Bertz CT molecular complexity index is 1230. The van der Waals surface area contributed by atoms with Crippen molar-refractivity contribution in [3.05, 3.63) is 82.3 Å². The summed E-state index contributed by atoms with van der Waals surface area (Å²) in [5.74, 6) is -1.17. The summed E-state index contributed by atoms with van der Waals surface area (Å²) in [4.78, 5) is 23.8. The second-order valence-electron chi connectivity index (χ2n) is 6.31. The molecule has 0 aromatic heterocycles. The molecule has 0 saturated carbocycles. The van der Waals surface area contributed by atoms with Crippen LogP contribution in [0.25, 0.3) is 0 Å². The average Bonchev–Trinajstić information content (AvgIpc) is 2.75. The molecule has 0 atom stereocenters. The fraction of sp³-hybridized carbons (Fsp3) is 0.0476. The fourth-order valence-corrected chi connectivity index (χ4v) is 4.08. The van der Waals surface area contributed by atoms with Crippen LogP contribution in [0.3, 0.4) is 0 Å². The number of carboxylic acids is 1. The van der Waals surface area contributed by atoms with Crippen LogP contribution in [-0.2, 0) is 10.0 Å². The number of amides is 1. The quantitative estimate of drug-likeness (QED) is 0.442. The van der Waals surface area contributed by atoms with Gasteiger partial charge in [0.05, 0.1) is 23.3 Å². The van der Waals surface area contributed by atoms with Gasteiger partial charge in [0.15, 0.2) is 0 Å². The number of hydrogen-bond acceptors (Lipinski definition) is 5. The number of aromatic carboxylic acids is 1. The number of sulfonamides is 1. The van der Waals surface area contributed by atoms with Gasteiger partial charge in [-0.2, -0.15) is 0 Å². The number of anilines is 2. The first-order chi connectivity index (χ1) is 14.7. The Balaban J connectivity index is 1.76. The van der Waals surface area contributed by atoms with Gasteiger partial charge < -0.3 is 15.2 Å². The van der Waals surface area contributed by atoms with Crippen LogP contribution in [0.15, 0.2) is 76.1 Å². The van der Waals surface area contributed by atoms with Crippen LogP contribution in [0.5, 0.6) is 5.75 Å². The summed E-state index contributed by atoms with van der Waals surface area (Å²) in [6.45, 7) is 0. The number of nitrogens with one attached hydrogen (secondary N) is 2. The van der Waals surface area contributed by atoms with Crippen LogP contribution in [0.2, 0.25) is 0 Å². The molecule has 0 radical (unpaired) electrons. The van der Waals surface area contributed by atoms with Crippen molar-refractivity contribution in [2.45, 2.75) is 4.90 Å². The average molecular weight is 505 g/mol. The molecule has 0 bridgehead atoms. The van der Waals surface area contributed by atoms with Crippen molar-refractivity contribution in [3.8, 4) is 5.75 Å². The number of rotatable bonds is 7. The van der Waals surface area contributed by atoms with E-state index >= 15 is 0 Å². The number of halogens is 1. The Morgan fingerprint density at radius 3 is 2.19 bits per heavy atom. The predicted molar refractivity (Wildman–Crippen MR) is 119 cm³/mol. The zero-order chi connectivity index (χ0) is 22.6. The van der Waals surface area contributed by atoms with Gasteiger partial charge in [0.1, 0.15) is 5.75 Å². The lowest BCUT2D eigenvalue weighted by Gasteiger charge is -2.11. The van der Waals surface area contributed by atoms with Crippen molar-refractivity contribution in [1.82, 2.24) is 0 Å². The van der Waals surface area contributed by atoms with Crippen LogP contribution in [-0.4, -0.2) is 32.5 Å². The van der Waals surface area contributed by atoms with E-state index in [1.54, 1.807) is 30.3 Å². The number of carboxylic acid groups (broad SMARTS) is 1. The van der Waals surface area contributed by atoms with Gasteiger partial charge in [-0.05, 0) is 66.7 Å². The molecule has 10 heteroatoms. The third-order valence-corrected chi connectivity index (χ3v) is 6.12. The lowest BCUT2D eigenvalue weighted by Crippen LogP contribution is -2.16. The molecule has 8 nitrogen and oxygen atoms in total. The molecule has 0 aliphatic heterocycles. The second kappa shape index (κ2) is 9.19. The molecule has 160 valence electrons. The molecule has 3 aromatic carbocycles. The molecule has 0 aliphatic carbocycles. The first-order valence-corrected chi connectivity index (χ1v) is 11.1. The molecule has 0 saturated heterocycles. The van der Waals surface area contributed by atoms with Gasteiger partial charge in [-0.15, -0.1) is 0 Å². The van der Waals surface area contributed by atoms with E-state index in [0.717, 1.165) is 0 Å². The topological polar surface area (TPSA) is 122 Å². The van der Waals surface area contributed by atoms with Gasteiger partial charge in [0.2, 0.25) is 0 Å². The van der Waals surface area contributed by atoms with Crippen molar-refractivity contribution in [3.63, 3.8) is 0 Å². The van der Waals surface area contributed by atoms with Crippen LogP contribution in [0.4, 0.5) is 11.4 Å². The van der Waals surface area contributed by atoms with Crippen molar-refractivity contribution < 1.29 is 27.9 Å². The molecule has 0 aliphatic rings. The Hall–Kier alpha value is -3.37. The van der Waals surface area contributed by atoms with Crippen LogP contribution >= 0.6 is 15.9 Å². The Morgan fingerprint density at radius 2 is 1.61 bits per heavy atom. The standard InChI is InChI=1S/C21H17BrN2O6S/c1-30-16-7-5-15(6-8-16)24-31(28,29)17-9-2-13(3-10-17)20(25)23-19-11-4-14(22)12-18(19)21(26)27/h2-12,24H,1H3,(H,23,25)(H,26,27). The maximum Gasteiger partial charge on any atom is 0.337 e. The van der Waals surface area contributed by atoms with Gasteiger partial charge in [0, 0.05) is 15.7 Å². The van der Waals surface area contributed by atoms with Crippen molar-refractivity contribution in [2.75, 3.05) is 17.1 Å². The molecule has 3 rings (SSSR count). The molecule has 0 spiro atoms. The van der Waals surface area contributed by atoms with E-state index in [-0.39, 0.29) is 21.7 Å². The number of carbonyl (C=O) groups is 2. The van der Waals surface area contributed by atoms with E-state index in [0.29, 0.717) is 15.9 Å². The van der Waals surface area contributed by atoms with Crippen LogP contribution in [0.1, 0.15) is 20.7 Å². The monoisotopic (exact) mass is 504 g/mol. The summed E-state index contributed by atoms with van der Waals surface area (Å²) in [5.41, 5.74) is 0.575. The minimum absolute atomic E-state index is 0.0327. The molecular weight excluding hydrogens is 488 g/mol. The fourth-order valence-electron chi connectivity index (χ4n) is 2.66. The minimum Gasteiger partial charge on any atom is -0.497 e. The molecule has 3 aromatic rings. The van der Waals surface area contributed by atoms with E-state index in [9.17, 15) is 23.1 Å². The number of benzene rings is 3. The maximum atomic E-state index is 12.6. The number of methoxy groups -OCH3 is 1. The van der Waals surface area contributed by atoms with Crippen molar-refractivity contribution in [2.24, 2.45) is 0 Å². The predicted octanol–water partition coefficient (Wildman–Crippen LogP) is 4.21. The summed E-state index contributed by atoms with van der Waals surface area (Å²) in [5, 5.41) is 11.8. The summed E-state index contributed by atoms with van der Waals surface area (Å²) in [7, 11) is -2.35. The van der Waals surface area contributed by atoms with Crippen LogP contribution < -0.4 is 14.8 Å². The molecule has 0 unspecified atom stereocenters. The highest BCUT2D eigenvalue weighted by Crippen LogP contribution is 2.23. The number of ether oxygens (including phenoxy) is 1. The second-order valence-corrected chi connectivity index (χ2v) is 8.91. The van der Waals surface area contributed by atoms with Crippen molar-refractivity contribution >= 4 is 49.2 Å². The molecule has 1 amide bonds. The van der Waals surface area contributed by atoms with E-state index in [1.165, 1.54) is 43.5 Å². The third-order valence-electron chi connectivity index (χ3n) is 4.23. The summed E-state index contributed by atoms with van der Waals surface area (Å²) in [6, 6.07) is 16.1. The van der Waals surface area contributed by atoms with E-state index in [1.807, 2.05) is 0 Å². The minimum atomic E-state index is -3.86. The molecule has 31 heavy (non-hydrogen) atoms. The zero-order valence-corrected chi connectivity index (χ0v) is 18.5. The summed E-state index contributed by atoms with van der Waals surface area (Å²) >= 11 is 3.19. The SMILES string of the molecule is COc1ccc(NS(=O)(=O)c2ccc(C(=O)Nc3ccc(Br)cc3C(=O)O)cc2)cc1. The number of hydrogen-bond donors (Lipinski definition) is 3. The molecule has 3 N–H and O–H groups in total. The molecule has 0 heterocycles. The summed E-state index contributed by atoms with van der Waals surface area (Å²) in [6.07, 6.45) is 0. The normalized spacial score (nSPS) is 10.9. The molecule has 0 fully saturated rings. The van der Waals surface area contributed by atoms with Gasteiger partial charge in [-0.25, -0.2) is 13.2 Å². The summed E-state index contributed by atoms with van der Waals surface area (Å²) < 4.78 is 33.2. The largest absolute Gasteiger partial charge is 0.497 e. The van der Waals surface area contributed by atoms with Gasteiger partial charge in [-0.1, -0.05) is 15.9 Å². The Morgan fingerprint density at radius 1 is 0.968 bits per heavy atom. The Labute approximate surface area is 187 Å². The first-order valence-electron chi connectivity index (χ1n) is 8.81. The highest BCUT2D eigenvalue weighted by molar-refractivity contribution is 9.10. The van der Waals surface area contributed by atoms with E-state index < -0.39 is 21.9 Å².